The lowest BCUT2D eigenvalue weighted by molar-refractivity contribution is 0.136. The molecule has 0 saturated carbocycles. The van der Waals surface area contributed by atoms with Crippen molar-refractivity contribution in [3.63, 3.8) is 0 Å². The van der Waals surface area contributed by atoms with Gasteiger partial charge in [0, 0.05) is 24.1 Å². The van der Waals surface area contributed by atoms with Crippen molar-refractivity contribution in [2.24, 2.45) is 0 Å². The number of nitrogens with zero attached hydrogens (tertiary/aromatic N) is 3. The average Bonchev–Trinajstić information content (AvgIpc) is 3.14. The van der Waals surface area contributed by atoms with E-state index in [1.807, 2.05) is 11.3 Å². The second-order valence-electron chi connectivity index (χ2n) is 6.49. The van der Waals surface area contributed by atoms with E-state index in [2.05, 4.69) is 28.1 Å². The molecule has 0 radical (unpaired) electrons. The lowest BCUT2D eigenvalue weighted by atomic mass is 9.99. The zero-order valence-corrected chi connectivity index (χ0v) is 14.4. The van der Waals surface area contributed by atoms with Crippen LogP contribution in [0.4, 0.5) is 0 Å². The van der Waals surface area contributed by atoms with Crippen LogP contribution in [-0.4, -0.2) is 40.9 Å². The molecule has 1 saturated heterocycles. The van der Waals surface area contributed by atoms with Gasteiger partial charge in [-0.05, 0) is 50.7 Å². The molecule has 2 aromatic rings. The molecule has 0 unspecified atom stereocenters. The van der Waals surface area contributed by atoms with Crippen LogP contribution in [0.25, 0.3) is 10.8 Å². The van der Waals surface area contributed by atoms with Crippen molar-refractivity contribution in [3.8, 4) is 10.8 Å². The van der Waals surface area contributed by atoms with Crippen LogP contribution in [0.15, 0.2) is 10.5 Å². The van der Waals surface area contributed by atoms with Gasteiger partial charge in [0.25, 0.3) is 5.89 Å². The largest absolute Gasteiger partial charge is 0.419 e. The number of aryl methyl sites for hydroxylation is 2. The summed E-state index contributed by atoms with van der Waals surface area (Å²) in [5.74, 6) is 1.39. The zero-order chi connectivity index (χ0) is 15.6. The third-order valence-electron chi connectivity index (χ3n) is 4.84. The third kappa shape index (κ3) is 3.34. The predicted molar refractivity (Wildman–Crippen MR) is 89.6 cm³/mol. The summed E-state index contributed by atoms with van der Waals surface area (Å²) >= 11 is 1.82. The Hall–Kier alpha value is -1.24. The van der Waals surface area contributed by atoms with Crippen LogP contribution in [0.2, 0.25) is 0 Å². The Morgan fingerprint density at radius 2 is 2.17 bits per heavy atom. The van der Waals surface area contributed by atoms with E-state index in [-0.39, 0.29) is 0 Å². The smallest absolute Gasteiger partial charge is 0.257 e. The van der Waals surface area contributed by atoms with Crippen LogP contribution < -0.4 is 0 Å². The molecule has 1 aliphatic heterocycles. The number of aromatic nitrogens is 2. The van der Waals surface area contributed by atoms with Gasteiger partial charge >= 0.3 is 0 Å². The zero-order valence-electron chi connectivity index (χ0n) is 13.6. The number of thiophene rings is 1. The first-order chi connectivity index (χ1) is 11.3. The van der Waals surface area contributed by atoms with Crippen LogP contribution in [0.3, 0.4) is 0 Å². The first-order valence-electron chi connectivity index (χ1n) is 8.56. The van der Waals surface area contributed by atoms with Crippen molar-refractivity contribution in [2.75, 3.05) is 19.8 Å². The summed E-state index contributed by atoms with van der Waals surface area (Å²) in [6, 6.07) is 2.74. The summed E-state index contributed by atoms with van der Waals surface area (Å²) in [4.78, 5) is 5.00. The summed E-state index contributed by atoms with van der Waals surface area (Å²) in [7, 11) is 0. The highest BCUT2D eigenvalue weighted by molar-refractivity contribution is 7.15. The summed E-state index contributed by atoms with van der Waals surface area (Å²) in [5.41, 5.74) is 1.48. The van der Waals surface area contributed by atoms with Crippen molar-refractivity contribution in [3.05, 3.63) is 22.4 Å². The summed E-state index contributed by atoms with van der Waals surface area (Å²) in [6.45, 7) is 5.49. The quantitative estimate of drug-likeness (QED) is 0.863. The summed E-state index contributed by atoms with van der Waals surface area (Å²) in [6.07, 6.45) is 6.05. The minimum atomic E-state index is 0.488. The van der Waals surface area contributed by atoms with E-state index in [9.17, 15) is 0 Å². The topological polar surface area (TPSA) is 51.4 Å². The second kappa shape index (κ2) is 6.71. The van der Waals surface area contributed by atoms with Gasteiger partial charge in [0.2, 0.25) is 5.89 Å². The van der Waals surface area contributed by atoms with Gasteiger partial charge in [0.15, 0.2) is 0 Å². The minimum Gasteiger partial charge on any atom is -0.419 e. The normalized spacial score (nSPS) is 22.7. The molecule has 4 rings (SSSR count). The van der Waals surface area contributed by atoms with Crippen molar-refractivity contribution >= 4 is 11.3 Å². The van der Waals surface area contributed by atoms with E-state index in [1.54, 1.807) is 0 Å². The minimum absolute atomic E-state index is 0.488. The molecule has 5 nitrogen and oxygen atoms in total. The molecule has 6 heteroatoms. The first kappa shape index (κ1) is 15.3. The van der Waals surface area contributed by atoms with E-state index in [0.717, 1.165) is 31.1 Å². The molecular weight excluding hydrogens is 310 g/mol. The molecule has 0 bridgehead atoms. The second-order valence-corrected chi connectivity index (χ2v) is 7.62. The lowest BCUT2D eigenvalue weighted by Gasteiger charge is -2.23. The van der Waals surface area contributed by atoms with Crippen LogP contribution in [0.5, 0.6) is 0 Å². The highest BCUT2D eigenvalue weighted by atomic mass is 32.1. The fourth-order valence-electron chi connectivity index (χ4n) is 3.36. The molecular formula is C17H23N3O2S. The molecule has 1 aliphatic carbocycles. The highest BCUT2D eigenvalue weighted by Gasteiger charge is 2.21. The molecule has 2 aromatic heterocycles. The van der Waals surface area contributed by atoms with Gasteiger partial charge < -0.3 is 9.15 Å². The molecule has 1 fully saturated rings. The molecule has 0 N–H and O–H groups in total. The Balaban J connectivity index is 1.49. The first-order valence-corrected chi connectivity index (χ1v) is 9.37. The van der Waals surface area contributed by atoms with Gasteiger partial charge in [-0.25, -0.2) is 0 Å². The van der Waals surface area contributed by atoms with Gasteiger partial charge in [-0.2, -0.15) is 0 Å². The lowest BCUT2D eigenvalue weighted by Crippen LogP contribution is -2.33. The number of hydrogen-bond donors (Lipinski definition) is 0. The Morgan fingerprint density at radius 1 is 1.26 bits per heavy atom. The molecule has 0 spiro atoms. The molecule has 2 aliphatic rings. The van der Waals surface area contributed by atoms with Gasteiger partial charge in [0.05, 0.1) is 18.0 Å². The summed E-state index contributed by atoms with van der Waals surface area (Å²) in [5, 5.41) is 8.55. The van der Waals surface area contributed by atoms with Gasteiger partial charge in [-0.3, -0.25) is 4.90 Å². The summed E-state index contributed by atoms with van der Waals surface area (Å²) < 4.78 is 11.5. The highest BCUT2D eigenvalue weighted by Crippen LogP contribution is 2.35. The van der Waals surface area contributed by atoms with Crippen LogP contribution in [0.1, 0.15) is 42.5 Å². The standard InChI is InChI=1S/C17H23N3O2S/c1-12-6-8-21-9-7-20(12)11-16-18-19-17(22-16)15-10-13-4-2-3-5-14(13)23-15/h10,12H,2-9,11H2,1H3/t12-/m0/s1. The monoisotopic (exact) mass is 333 g/mol. The predicted octanol–water partition coefficient (Wildman–Crippen LogP) is 3.29. The van der Waals surface area contributed by atoms with Crippen molar-refractivity contribution in [1.29, 1.82) is 0 Å². The SMILES string of the molecule is C[C@H]1CCOCCN1Cc1nnc(-c2cc3c(s2)CCCC3)o1. The molecule has 3 heterocycles. The maximum Gasteiger partial charge on any atom is 0.257 e. The van der Waals surface area contributed by atoms with E-state index in [1.165, 1.54) is 36.1 Å². The van der Waals surface area contributed by atoms with Crippen molar-refractivity contribution in [1.82, 2.24) is 15.1 Å². The third-order valence-corrected chi connectivity index (χ3v) is 6.06. The van der Waals surface area contributed by atoms with Gasteiger partial charge in [0.1, 0.15) is 0 Å². The average molecular weight is 333 g/mol. The fraction of sp³-hybridized carbons (Fsp3) is 0.647. The molecule has 0 amide bonds. The Labute approximate surface area is 140 Å². The number of hydrogen-bond acceptors (Lipinski definition) is 6. The van der Waals surface area contributed by atoms with Crippen LogP contribution in [0, 0.1) is 0 Å². The molecule has 0 aromatic carbocycles. The molecule has 23 heavy (non-hydrogen) atoms. The van der Waals surface area contributed by atoms with Gasteiger partial charge in [-0.15, -0.1) is 21.5 Å². The van der Waals surface area contributed by atoms with E-state index in [0.29, 0.717) is 24.4 Å². The Kier molecular flexibility index (Phi) is 4.46. The van der Waals surface area contributed by atoms with Crippen molar-refractivity contribution < 1.29 is 9.15 Å². The van der Waals surface area contributed by atoms with Gasteiger partial charge in [-0.1, -0.05) is 0 Å². The molecule has 1 atom stereocenters. The van der Waals surface area contributed by atoms with Crippen LogP contribution in [-0.2, 0) is 24.1 Å². The molecule has 124 valence electrons. The number of ether oxygens (including phenoxy) is 1. The van der Waals surface area contributed by atoms with Crippen molar-refractivity contribution in [2.45, 2.75) is 51.6 Å². The number of fused-ring (bicyclic) bond motifs is 1. The maximum atomic E-state index is 5.95. The van der Waals surface area contributed by atoms with E-state index < -0.39 is 0 Å². The maximum absolute atomic E-state index is 5.95. The fourth-order valence-corrected chi connectivity index (χ4v) is 4.54. The van der Waals surface area contributed by atoms with E-state index >= 15 is 0 Å². The Bertz CT molecular complexity index is 643. The Morgan fingerprint density at radius 3 is 3.09 bits per heavy atom. The van der Waals surface area contributed by atoms with E-state index in [4.69, 9.17) is 9.15 Å². The number of rotatable bonds is 3. The van der Waals surface area contributed by atoms with Crippen LogP contribution >= 0.6 is 11.3 Å².